The summed E-state index contributed by atoms with van der Waals surface area (Å²) in [5.74, 6) is 1.78. The Kier molecular flexibility index (Phi) is 4.89. The van der Waals surface area contributed by atoms with Crippen LogP contribution in [0.15, 0.2) is 22.6 Å². The van der Waals surface area contributed by atoms with Crippen LogP contribution in [0, 0.1) is 0 Å². The molecular weight excluding hydrogens is 290 g/mol. The zero-order chi connectivity index (χ0) is 16.2. The van der Waals surface area contributed by atoms with Crippen molar-refractivity contribution >= 4 is 16.9 Å². The lowest BCUT2D eigenvalue weighted by atomic mass is 9.96. The number of hydrogen-bond donors (Lipinski definition) is 1. The van der Waals surface area contributed by atoms with Crippen LogP contribution in [0.4, 0.5) is 0 Å². The molecule has 0 spiro atoms. The van der Waals surface area contributed by atoms with Crippen molar-refractivity contribution in [1.82, 2.24) is 5.32 Å². The zero-order valence-corrected chi connectivity index (χ0v) is 14.0. The minimum Gasteiger partial charge on any atom is -0.484 e. The number of ether oxygens (including phenoxy) is 1. The second-order valence-corrected chi connectivity index (χ2v) is 6.41. The van der Waals surface area contributed by atoms with Crippen molar-refractivity contribution in [3.8, 4) is 5.75 Å². The molecule has 1 N–H and O–H groups in total. The molecule has 1 aromatic heterocycles. The predicted molar refractivity (Wildman–Crippen MR) is 90.9 cm³/mol. The van der Waals surface area contributed by atoms with Gasteiger partial charge >= 0.3 is 0 Å². The highest BCUT2D eigenvalue weighted by molar-refractivity contribution is 5.84. The Morgan fingerprint density at radius 3 is 3.00 bits per heavy atom. The van der Waals surface area contributed by atoms with Gasteiger partial charge in [0.1, 0.15) is 17.1 Å². The Balaban J connectivity index is 1.65. The Labute approximate surface area is 137 Å². The third-order valence-corrected chi connectivity index (χ3v) is 4.43. The fourth-order valence-electron chi connectivity index (χ4n) is 3.30. The second-order valence-electron chi connectivity index (χ2n) is 6.41. The standard InChI is InChI=1S/C19H25NO3/c1-3-6-13(2)20-19(21)12-22-14-9-10-18-16(11-14)15-7-4-5-8-17(15)23-18/h9-11,13H,3-8,12H2,1-2H3,(H,20,21). The van der Waals surface area contributed by atoms with Crippen molar-refractivity contribution in [3.63, 3.8) is 0 Å². The van der Waals surface area contributed by atoms with E-state index in [1.807, 2.05) is 25.1 Å². The zero-order valence-electron chi connectivity index (χ0n) is 14.0. The summed E-state index contributed by atoms with van der Waals surface area (Å²) in [5.41, 5.74) is 2.24. The van der Waals surface area contributed by atoms with Gasteiger partial charge in [-0.1, -0.05) is 13.3 Å². The molecule has 124 valence electrons. The molecule has 0 saturated heterocycles. The monoisotopic (exact) mass is 315 g/mol. The number of hydrogen-bond acceptors (Lipinski definition) is 3. The molecule has 23 heavy (non-hydrogen) atoms. The minimum absolute atomic E-state index is 0.0552. The molecule has 1 heterocycles. The summed E-state index contributed by atoms with van der Waals surface area (Å²) in [6, 6.07) is 6.02. The highest BCUT2D eigenvalue weighted by atomic mass is 16.5. The van der Waals surface area contributed by atoms with Crippen LogP contribution in [-0.2, 0) is 17.6 Å². The highest BCUT2D eigenvalue weighted by Crippen LogP contribution is 2.33. The largest absolute Gasteiger partial charge is 0.484 e. The topological polar surface area (TPSA) is 51.5 Å². The first kappa shape index (κ1) is 15.9. The Morgan fingerprint density at radius 2 is 2.17 bits per heavy atom. The van der Waals surface area contributed by atoms with Gasteiger partial charge in [-0.3, -0.25) is 4.79 Å². The molecule has 3 rings (SSSR count). The summed E-state index contributed by atoms with van der Waals surface area (Å²) in [4.78, 5) is 11.9. The number of carbonyl (C=O) groups excluding carboxylic acids is 1. The van der Waals surface area contributed by atoms with Crippen LogP contribution in [0.2, 0.25) is 0 Å². The van der Waals surface area contributed by atoms with E-state index in [2.05, 4.69) is 12.2 Å². The average molecular weight is 315 g/mol. The first-order chi connectivity index (χ1) is 11.2. The first-order valence-electron chi connectivity index (χ1n) is 8.64. The normalized spacial score (nSPS) is 15.2. The van der Waals surface area contributed by atoms with Gasteiger partial charge in [0.2, 0.25) is 0 Å². The fourth-order valence-corrected chi connectivity index (χ4v) is 3.30. The maximum absolute atomic E-state index is 11.9. The molecule has 0 aliphatic heterocycles. The number of furan rings is 1. The smallest absolute Gasteiger partial charge is 0.258 e. The number of fused-ring (bicyclic) bond motifs is 3. The molecule has 1 aliphatic rings. The van der Waals surface area contributed by atoms with Crippen molar-refractivity contribution < 1.29 is 13.9 Å². The van der Waals surface area contributed by atoms with Crippen LogP contribution in [0.1, 0.15) is 50.9 Å². The lowest BCUT2D eigenvalue weighted by molar-refractivity contribution is -0.123. The Morgan fingerprint density at radius 1 is 1.35 bits per heavy atom. The molecule has 1 aliphatic carbocycles. The molecule has 1 aromatic carbocycles. The van der Waals surface area contributed by atoms with Gasteiger partial charge in [0.05, 0.1) is 0 Å². The van der Waals surface area contributed by atoms with Gasteiger partial charge in [-0.15, -0.1) is 0 Å². The lowest BCUT2D eigenvalue weighted by Crippen LogP contribution is -2.35. The van der Waals surface area contributed by atoms with E-state index in [1.165, 1.54) is 18.4 Å². The summed E-state index contributed by atoms with van der Waals surface area (Å²) in [6.45, 7) is 4.19. The lowest BCUT2D eigenvalue weighted by Gasteiger charge is -2.13. The molecule has 0 fully saturated rings. The van der Waals surface area contributed by atoms with Crippen LogP contribution < -0.4 is 10.1 Å². The summed E-state index contributed by atoms with van der Waals surface area (Å²) >= 11 is 0. The van der Waals surface area contributed by atoms with Gasteiger partial charge in [0.25, 0.3) is 5.91 Å². The van der Waals surface area contributed by atoms with Crippen molar-refractivity contribution in [2.24, 2.45) is 0 Å². The molecule has 0 bridgehead atoms. The highest BCUT2D eigenvalue weighted by Gasteiger charge is 2.18. The van der Waals surface area contributed by atoms with Crippen molar-refractivity contribution in [1.29, 1.82) is 0 Å². The van der Waals surface area contributed by atoms with E-state index >= 15 is 0 Å². The van der Waals surface area contributed by atoms with E-state index in [-0.39, 0.29) is 18.6 Å². The van der Waals surface area contributed by atoms with E-state index in [9.17, 15) is 4.79 Å². The first-order valence-corrected chi connectivity index (χ1v) is 8.64. The van der Waals surface area contributed by atoms with E-state index < -0.39 is 0 Å². The van der Waals surface area contributed by atoms with E-state index in [0.717, 1.165) is 48.2 Å². The van der Waals surface area contributed by atoms with Crippen LogP contribution in [-0.4, -0.2) is 18.6 Å². The van der Waals surface area contributed by atoms with Crippen LogP contribution >= 0.6 is 0 Å². The molecule has 1 unspecified atom stereocenters. The van der Waals surface area contributed by atoms with Gasteiger partial charge in [0, 0.05) is 23.4 Å². The number of aryl methyl sites for hydroxylation is 2. The summed E-state index contributed by atoms with van der Waals surface area (Å²) in [6.07, 6.45) is 6.55. The number of amides is 1. The van der Waals surface area contributed by atoms with Crippen LogP contribution in [0.3, 0.4) is 0 Å². The van der Waals surface area contributed by atoms with E-state index in [4.69, 9.17) is 9.15 Å². The molecule has 0 saturated carbocycles. The number of rotatable bonds is 6. The van der Waals surface area contributed by atoms with Crippen LogP contribution in [0.5, 0.6) is 5.75 Å². The predicted octanol–water partition coefficient (Wildman–Crippen LogP) is 4.00. The summed E-state index contributed by atoms with van der Waals surface area (Å²) in [5, 5.41) is 4.09. The average Bonchev–Trinajstić information content (AvgIpc) is 2.91. The molecule has 4 nitrogen and oxygen atoms in total. The van der Waals surface area contributed by atoms with Crippen molar-refractivity contribution in [2.45, 2.75) is 58.4 Å². The van der Waals surface area contributed by atoms with Crippen LogP contribution in [0.25, 0.3) is 11.0 Å². The Hall–Kier alpha value is -1.97. The van der Waals surface area contributed by atoms with Crippen molar-refractivity contribution in [3.05, 3.63) is 29.5 Å². The molecule has 1 atom stereocenters. The number of nitrogens with one attached hydrogen (secondary N) is 1. The van der Waals surface area contributed by atoms with E-state index in [0.29, 0.717) is 0 Å². The van der Waals surface area contributed by atoms with E-state index in [1.54, 1.807) is 0 Å². The number of benzene rings is 1. The van der Waals surface area contributed by atoms with Gasteiger partial charge < -0.3 is 14.5 Å². The van der Waals surface area contributed by atoms with Gasteiger partial charge in [-0.25, -0.2) is 0 Å². The summed E-state index contributed by atoms with van der Waals surface area (Å²) < 4.78 is 11.6. The van der Waals surface area contributed by atoms with Gasteiger partial charge in [-0.2, -0.15) is 0 Å². The van der Waals surface area contributed by atoms with Gasteiger partial charge in [0.15, 0.2) is 6.61 Å². The molecular formula is C19H25NO3. The quantitative estimate of drug-likeness (QED) is 0.876. The van der Waals surface area contributed by atoms with Gasteiger partial charge in [-0.05, 0) is 50.8 Å². The molecule has 4 heteroatoms. The number of carbonyl (C=O) groups is 1. The molecule has 1 amide bonds. The minimum atomic E-state index is -0.0692. The SMILES string of the molecule is CCCC(C)NC(=O)COc1ccc2oc3c(c2c1)CCCC3. The molecule has 2 aromatic rings. The second kappa shape index (κ2) is 7.07. The van der Waals surface area contributed by atoms with Crippen molar-refractivity contribution in [2.75, 3.05) is 6.61 Å². The third-order valence-electron chi connectivity index (χ3n) is 4.43. The third kappa shape index (κ3) is 3.69. The Bertz CT molecular complexity index is 689. The maximum atomic E-state index is 11.9. The fraction of sp³-hybridized carbons (Fsp3) is 0.526. The summed E-state index contributed by atoms with van der Waals surface area (Å²) in [7, 11) is 0. The molecule has 0 radical (unpaired) electrons. The maximum Gasteiger partial charge on any atom is 0.258 e.